The molecule has 12 atom stereocenters. The number of aliphatic hydroxyl groups is 1. The number of hydrogen-bond acceptors (Lipinski definition) is 8. The monoisotopic (exact) mass is 683 g/mol. The van der Waals surface area contributed by atoms with Crippen LogP contribution in [0.15, 0.2) is 12.2 Å². The average Bonchev–Trinajstić information content (AvgIpc) is 3.71. The molecular formula is C40H61NO8. The van der Waals surface area contributed by atoms with Gasteiger partial charge in [0.1, 0.15) is 18.8 Å². The molecule has 5 saturated carbocycles. The van der Waals surface area contributed by atoms with Gasteiger partial charge in [-0.3, -0.25) is 14.4 Å². The molecule has 1 N–H and O–H groups in total. The Balaban J connectivity index is 1.36. The third kappa shape index (κ3) is 5.24. The van der Waals surface area contributed by atoms with Crippen LogP contribution < -0.4 is 0 Å². The molecule has 0 bridgehead atoms. The number of ether oxygens (including phenoxy) is 3. The number of esters is 3. The predicted molar refractivity (Wildman–Crippen MR) is 184 cm³/mol. The number of aliphatic hydroxyl groups excluding tert-OH is 1. The molecule has 9 nitrogen and oxygen atoms in total. The van der Waals surface area contributed by atoms with Crippen molar-refractivity contribution in [3.8, 4) is 0 Å². The maximum Gasteiger partial charge on any atom is 0.328 e. The lowest BCUT2D eigenvalue weighted by molar-refractivity contribution is -0.257. The van der Waals surface area contributed by atoms with E-state index >= 15 is 0 Å². The highest BCUT2D eigenvalue weighted by Gasteiger charge is 2.73. The van der Waals surface area contributed by atoms with Crippen LogP contribution in [0.5, 0.6) is 0 Å². The van der Waals surface area contributed by atoms with Crippen LogP contribution in [0.25, 0.3) is 0 Å². The van der Waals surface area contributed by atoms with Gasteiger partial charge in [0.15, 0.2) is 0 Å². The van der Waals surface area contributed by atoms with Crippen LogP contribution in [0.4, 0.5) is 0 Å². The summed E-state index contributed by atoms with van der Waals surface area (Å²) >= 11 is 0. The normalized spacial score (nSPS) is 45.6. The summed E-state index contributed by atoms with van der Waals surface area (Å²) in [4.78, 5) is 53.9. The Labute approximate surface area is 293 Å². The Morgan fingerprint density at radius 2 is 1.57 bits per heavy atom. The minimum Gasteiger partial charge on any atom is -0.467 e. The van der Waals surface area contributed by atoms with E-state index in [0.717, 1.165) is 76.2 Å². The van der Waals surface area contributed by atoms with E-state index in [1.165, 1.54) is 21.0 Å². The van der Waals surface area contributed by atoms with E-state index in [1.54, 1.807) is 0 Å². The van der Waals surface area contributed by atoms with Crippen molar-refractivity contribution in [2.24, 2.45) is 56.7 Å². The van der Waals surface area contributed by atoms with Crippen LogP contribution in [-0.2, 0) is 33.4 Å². The lowest BCUT2D eigenvalue weighted by Gasteiger charge is -2.73. The maximum absolute atomic E-state index is 14.9. The van der Waals surface area contributed by atoms with Crippen LogP contribution in [0.2, 0.25) is 0 Å². The number of likely N-dealkylation sites (tertiary alicyclic amines) is 1. The molecule has 0 aromatic carbocycles. The minimum atomic E-state index is -0.571. The first-order valence-corrected chi connectivity index (χ1v) is 19.0. The summed E-state index contributed by atoms with van der Waals surface area (Å²) in [5, 5.41) is 10.4. The smallest absolute Gasteiger partial charge is 0.328 e. The Bertz CT molecular complexity index is 1380. The van der Waals surface area contributed by atoms with Crippen molar-refractivity contribution in [3.05, 3.63) is 12.2 Å². The molecule has 1 amide bonds. The van der Waals surface area contributed by atoms with Gasteiger partial charge in [-0.05, 0) is 128 Å². The fraction of sp³-hybridized carbons (Fsp3) is 0.850. The first-order chi connectivity index (χ1) is 23.0. The minimum absolute atomic E-state index is 0.00285. The fourth-order valence-corrected chi connectivity index (χ4v) is 13.9. The van der Waals surface area contributed by atoms with Crippen LogP contribution >= 0.6 is 0 Å². The highest BCUT2D eigenvalue weighted by Crippen LogP contribution is 2.78. The SMILES string of the molecule is C=C(CO)[C@@H]1CC[C@]2(C(=O)N3CCC[C@H]3C(=O)OC)CC[C@]3(C)C(CCC4[C@@]5(C)CC[C@H](OC(C)=O)[C@@](C)(COC(C)=O)C5CC[C@]43C)C12. The Hall–Kier alpha value is -2.42. The highest BCUT2D eigenvalue weighted by molar-refractivity contribution is 5.89. The van der Waals surface area contributed by atoms with E-state index in [0.29, 0.717) is 18.9 Å². The number of fused-ring (bicyclic) bond motifs is 7. The van der Waals surface area contributed by atoms with Gasteiger partial charge < -0.3 is 24.2 Å². The van der Waals surface area contributed by atoms with E-state index < -0.39 is 16.9 Å². The second kappa shape index (κ2) is 12.7. The van der Waals surface area contributed by atoms with Gasteiger partial charge >= 0.3 is 17.9 Å². The number of methoxy groups -OCH3 is 1. The van der Waals surface area contributed by atoms with Crippen molar-refractivity contribution in [2.75, 3.05) is 26.9 Å². The quantitative estimate of drug-likeness (QED) is 0.190. The molecule has 9 heteroatoms. The lowest BCUT2D eigenvalue weighted by atomic mass is 9.32. The van der Waals surface area contributed by atoms with Gasteiger partial charge in [-0.2, -0.15) is 0 Å². The van der Waals surface area contributed by atoms with Gasteiger partial charge in [0, 0.05) is 25.8 Å². The number of rotatable bonds is 7. The van der Waals surface area contributed by atoms with E-state index in [9.17, 15) is 24.3 Å². The molecule has 0 radical (unpaired) electrons. The zero-order valence-electron chi connectivity index (χ0n) is 31.1. The standard InChI is InChI=1S/C40H61NO8/c1-24(22-42)27-13-18-40(35(46)41-21-9-10-29(41)34(45)47-8)20-19-38(6)28(33(27)40)11-12-31-36(4)16-15-32(49-26(3)44)37(5,23-48-25(2)43)30(36)14-17-39(31,38)7/h27-33,42H,1,9-23H2,2-8H3/t27-,28?,29-,30?,31?,32-,33?,36-,37-,38+,39+,40-/m0/s1. The molecule has 0 spiro atoms. The number of hydrogen-bond donors (Lipinski definition) is 1. The summed E-state index contributed by atoms with van der Waals surface area (Å²) in [7, 11) is 1.41. The molecule has 5 aliphatic carbocycles. The largest absolute Gasteiger partial charge is 0.467 e. The molecule has 1 heterocycles. The van der Waals surface area contributed by atoms with Crippen LogP contribution in [0.1, 0.15) is 119 Å². The number of carbonyl (C=O) groups is 4. The van der Waals surface area contributed by atoms with Gasteiger partial charge in [0.05, 0.1) is 19.1 Å². The Kier molecular flexibility index (Phi) is 9.40. The van der Waals surface area contributed by atoms with Gasteiger partial charge in [0.2, 0.25) is 5.91 Å². The van der Waals surface area contributed by atoms with Crippen molar-refractivity contribution in [2.45, 2.75) is 131 Å². The molecule has 274 valence electrons. The fourth-order valence-electron chi connectivity index (χ4n) is 13.9. The van der Waals surface area contributed by atoms with Crippen molar-refractivity contribution >= 4 is 23.8 Å². The van der Waals surface area contributed by atoms with E-state index in [1.807, 2.05) is 4.90 Å². The summed E-state index contributed by atoms with van der Waals surface area (Å²) < 4.78 is 16.9. The molecule has 49 heavy (non-hydrogen) atoms. The van der Waals surface area contributed by atoms with Crippen molar-refractivity contribution < 1.29 is 38.5 Å². The van der Waals surface area contributed by atoms with Crippen molar-refractivity contribution in [3.63, 3.8) is 0 Å². The zero-order chi connectivity index (χ0) is 35.7. The highest BCUT2D eigenvalue weighted by atomic mass is 16.6. The Morgan fingerprint density at radius 3 is 2.22 bits per heavy atom. The molecular weight excluding hydrogens is 622 g/mol. The summed E-state index contributed by atoms with van der Waals surface area (Å²) in [5.41, 5.74) is -0.296. The molecule has 1 aliphatic heterocycles. The molecule has 6 fully saturated rings. The van der Waals surface area contributed by atoms with Gasteiger partial charge in [-0.25, -0.2) is 4.79 Å². The Morgan fingerprint density at radius 1 is 0.837 bits per heavy atom. The third-order valence-electron chi connectivity index (χ3n) is 16.2. The molecule has 6 aliphatic rings. The summed E-state index contributed by atoms with van der Waals surface area (Å²) in [6.07, 6.45) is 10.2. The maximum atomic E-state index is 14.9. The molecule has 4 unspecified atom stereocenters. The van der Waals surface area contributed by atoms with Crippen LogP contribution in [0.3, 0.4) is 0 Å². The second-order valence-corrected chi connectivity index (χ2v) is 17.9. The van der Waals surface area contributed by atoms with Gasteiger partial charge in [0.25, 0.3) is 0 Å². The number of amides is 1. The van der Waals surface area contributed by atoms with E-state index in [4.69, 9.17) is 14.2 Å². The number of carbonyl (C=O) groups excluding carboxylic acids is 4. The topological polar surface area (TPSA) is 119 Å². The first kappa shape index (κ1) is 36.4. The summed E-state index contributed by atoms with van der Waals surface area (Å²) in [6.45, 7) is 17.7. The third-order valence-corrected chi connectivity index (χ3v) is 16.2. The van der Waals surface area contributed by atoms with Crippen LogP contribution in [0, 0.1) is 56.7 Å². The van der Waals surface area contributed by atoms with E-state index in [2.05, 4.69) is 34.3 Å². The zero-order valence-corrected chi connectivity index (χ0v) is 31.1. The van der Waals surface area contributed by atoms with Gasteiger partial charge in [-0.15, -0.1) is 0 Å². The predicted octanol–water partition coefficient (Wildman–Crippen LogP) is 6.26. The molecule has 6 rings (SSSR count). The number of nitrogens with zero attached hydrogens (tertiary/aromatic N) is 1. The summed E-state index contributed by atoms with van der Waals surface area (Å²) in [5.74, 6) is 0.243. The summed E-state index contributed by atoms with van der Waals surface area (Å²) in [6, 6.07) is -0.521. The van der Waals surface area contributed by atoms with Gasteiger partial charge in [-0.1, -0.05) is 34.3 Å². The van der Waals surface area contributed by atoms with Crippen molar-refractivity contribution in [1.82, 2.24) is 4.90 Å². The molecule has 0 aromatic rings. The lowest BCUT2D eigenvalue weighted by Crippen LogP contribution is -2.68. The van der Waals surface area contributed by atoms with E-state index in [-0.39, 0.29) is 83.0 Å². The van der Waals surface area contributed by atoms with Crippen LogP contribution in [-0.4, -0.2) is 72.8 Å². The average molecular weight is 684 g/mol. The molecule has 0 aromatic heterocycles. The second-order valence-electron chi connectivity index (χ2n) is 17.9. The first-order valence-electron chi connectivity index (χ1n) is 19.0. The molecule has 1 saturated heterocycles. The van der Waals surface area contributed by atoms with Crippen molar-refractivity contribution in [1.29, 1.82) is 0 Å².